The van der Waals surface area contributed by atoms with E-state index < -0.39 is 0 Å². The van der Waals surface area contributed by atoms with E-state index >= 15 is 0 Å². The molecule has 0 aliphatic carbocycles. The molecule has 0 bridgehead atoms. The lowest BCUT2D eigenvalue weighted by Gasteiger charge is -2.30. The zero-order valence-corrected chi connectivity index (χ0v) is 15.9. The first-order chi connectivity index (χ1) is 12.6. The Morgan fingerprint density at radius 1 is 0.846 bits per heavy atom. The maximum atomic E-state index is 13.3. The van der Waals surface area contributed by atoms with Gasteiger partial charge in [0.15, 0.2) is 0 Å². The van der Waals surface area contributed by atoms with Gasteiger partial charge in [0.1, 0.15) is 4.99 Å². The van der Waals surface area contributed by atoms with E-state index in [1.807, 2.05) is 67.6 Å². The van der Waals surface area contributed by atoms with Gasteiger partial charge in [-0.1, -0.05) is 84.5 Å². The molecule has 0 N–H and O–H groups in total. The first-order valence-electron chi connectivity index (χ1n) is 8.31. The highest BCUT2D eigenvalue weighted by Crippen LogP contribution is 2.25. The molecule has 0 unspecified atom stereocenters. The lowest BCUT2D eigenvalue weighted by molar-refractivity contribution is 0.0813. The summed E-state index contributed by atoms with van der Waals surface area (Å²) >= 11 is 11.7. The number of halogens is 1. The van der Waals surface area contributed by atoms with E-state index in [9.17, 15) is 4.79 Å². The van der Waals surface area contributed by atoms with Gasteiger partial charge in [-0.15, -0.1) is 0 Å². The lowest BCUT2D eigenvalue weighted by Crippen LogP contribution is -2.38. The minimum Gasteiger partial charge on any atom is -0.291 e. The molecule has 3 aromatic carbocycles. The van der Waals surface area contributed by atoms with Gasteiger partial charge in [-0.3, -0.25) is 9.69 Å². The van der Waals surface area contributed by atoms with Gasteiger partial charge in [-0.2, -0.15) is 0 Å². The van der Waals surface area contributed by atoms with Gasteiger partial charge in [0, 0.05) is 16.1 Å². The van der Waals surface area contributed by atoms with Crippen LogP contribution in [-0.4, -0.2) is 15.8 Å². The van der Waals surface area contributed by atoms with Crippen LogP contribution in [0.4, 0.5) is 0 Å². The topological polar surface area (TPSA) is 20.3 Å². The molecule has 0 aliphatic heterocycles. The Labute approximate surface area is 164 Å². The smallest absolute Gasteiger partial charge is 0.259 e. The van der Waals surface area contributed by atoms with Crippen molar-refractivity contribution in [2.24, 2.45) is 0 Å². The highest BCUT2D eigenvalue weighted by molar-refractivity contribution is 7.80. The summed E-state index contributed by atoms with van der Waals surface area (Å²) < 4.78 is 0. The third-order valence-corrected chi connectivity index (χ3v) is 4.90. The lowest BCUT2D eigenvalue weighted by atomic mass is 10.0. The van der Waals surface area contributed by atoms with E-state index in [1.54, 1.807) is 29.2 Å². The van der Waals surface area contributed by atoms with E-state index in [2.05, 4.69) is 0 Å². The average molecular weight is 380 g/mol. The van der Waals surface area contributed by atoms with Crippen LogP contribution in [0.15, 0.2) is 84.9 Å². The van der Waals surface area contributed by atoms with E-state index in [-0.39, 0.29) is 11.9 Å². The van der Waals surface area contributed by atoms with E-state index in [0.29, 0.717) is 15.6 Å². The van der Waals surface area contributed by atoms with Gasteiger partial charge in [-0.25, -0.2) is 0 Å². The molecular weight excluding hydrogens is 362 g/mol. The van der Waals surface area contributed by atoms with E-state index in [1.165, 1.54) is 0 Å². The van der Waals surface area contributed by atoms with Gasteiger partial charge in [0.05, 0.1) is 6.04 Å². The number of amides is 1. The molecule has 1 amide bonds. The second-order valence-electron chi connectivity index (χ2n) is 5.94. The molecule has 26 heavy (non-hydrogen) atoms. The van der Waals surface area contributed by atoms with Crippen LogP contribution < -0.4 is 0 Å². The van der Waals surface area contributed by atoms with Gasteiger partial charge < -0.3 is 0 Å². The molecule has 0 saturated heterocycles. The Bertz CT molecular complexity index is 894. The average Bonchev–Trinajstić information content (AvgIpc) is 2.69. The highest BCUT2D eigenvalue weighted by Gasteiger charge is 2.27. The standard InChI is InChI=1S/C22H18ClNOS/c1-16(17-8-4-2-5-9-17)24(21(25)18-10-6-3-7-11-18)22(26)19-12-14-20(23)15-13-19/h2-16H,1H3/t16-/m1/s1. The van der Waals surface area contributed by atoms with Crippen molar-refractivity contribution in [3.63, 3.8) is 0 Å². The van der Waals surface area contributed by atoms with Crippen molar-refractivity contribution in [3.05, 3.63) is 107 Å². The SMILES string of the molecule is C[C@H](c1ccccc1)N(C(=O)c1ccccc1)C(=S)c1ccc(Cl)cc1. The molecule has 1 atom stereocenters. The fraction of sp³-hybridized carbons (Fsp3) is 0.0909. The molecule has 0 aromatic heterocycles. The monoisotopic (exact) mass is 379 g/mol. The first kappa shape index (κ1) is 18.3. The summed E-state index contributed by atoms with van der Waals surface area (Å²) in [6.45, 7) is 1.98. The fourth-order valence-corrected chi connectivity index (χ4v) is 3.28. The molecule has 3 rings (SSSR count). The number of carbonyl (C=O) groups is 1. The number of benzene rings is 3. The molecule has 0 aliphatic rings. The fourth-order valence-electron chi connectivity index (χ4n) is 2.78. The third-order valence-electron chi connectivity index (χ3n) is 4.22. The van der Waals surface area contributed by atoms with Crippen LogP contribution in [-0.2, 0) is 0 Å². The Balaban J connectivity index is 2.02. The van der Waals surface area contributed by atoms with Crippen molar-refractivity contribution in [2.45, 2.75) is 13.0 Å². The Kier molecular flexibility index (Phi) is 5.82. The van der Waals surface area contributed by atoms with Crippen LogP contribution in [0.25, 0.3) is 0 Å². The van der Waals surface area contributed by atoms with Crippen LogP contribution in [0.5, 0.6) is 0 Å². The molecule has 2 nitrogen and oxygen atoms in total. The Morgan fingerprint density at radius 2 is 1.38 bits per heavy atom. The number of hydrogen-bond donors (Lipinski definition) is 0. The molecule has 0 fully saturated rings. The number of carbonyl (C=O) groups excluding carboxylic acids is 1. The second kappa shape index (κ2) is 8.26. The highest BCUT2D eigenvalue weighted by atomic mass is 35.5. The van der Waals surface area contributed by atoms with Crippen LogP contribution in [0.3, 0.4) is 0 Å². The normalized spacial score (nSPS) is 11.6. The molecule has 0 heterocycles. The summed E-state index contributed by atoms with van der Waals surface area (Å²) in [4.78, 5) is 15.4. The molecule has 0 spiro atoms. The van der Waals surface area contributed by atoms with Crippen molar-refractivity contribution in [3.8, 4) is 0 Å². The predicted molar refractivity (Wildman–Crippen MR) is 111 cm³/mol. The molecule has 0 radical (unpaired) electrons. The number of thiocarbonyl (C=S) groups is 1. The van der Waals surface area contributed by atoms with Crippen LogP contribution >= 0.6 is 23.8 Å². The van der Waals surface area contributed by atoms with Crippen LogP contribution in [0, 0.1) is 0 Å². The van der Waals surface area contributed by atoms with Gasteiger partial charge in [-0.05, 0) is 36.8 Å². The number of hydrogen-bond acceptors (Lipinski definition) is 2. The van der Waals surface area contributed by atoms with Crippen molar-refractivity contribution >= 4 is 34.7 Å². The van der Waals surface area contributed by atoms with Crippen molar-refractivity contribution < 1.29 is 4.79 Å². The molecule has 3 aromatic rings. The maximum absolute atomic E-state index is 13.3. The number of nitrogens with zero attached hydrogens (tertiary/aromatic N) is 1. The molecule has 130 valence electrons. The van der Waals surface area contributed by atoms with E-state index in [0.717, 1.165) is 11.1 Å². The van der Waals surface area contributed by atoms with Crippen LogP contribution in [0.2, 0.25) is 5.02 Å². The zero-order chi connectivity index (χ0) is 18.5. The quantitative estimate of drug-likeness (QED) is 0.524. The van der Waals surface area contributed by atoms with Crippen LogP contribution in [0.1, 0.15) is 34.5 Å². The zero-order valence-electron chi connectivity index (χ0n) is 14.3. The van der Waals surface area contributed by atoms with E-state index in [4.69, 9.17) is 23.8 Å². The van der Waals surface area contributed by atoms with Crippen molar-refractivity contribution in [1.29, 1.82) is 0 Å². The number of rotatable bonds is 4. The third kappa shape index (κ3) is 4.01. The summed E-state index contributed by atoms with van der Waals surface area (Å²) in [6, 6.07) is 26.1. The van der Waals surface area contributed by atoms with Gasteiger partial charge in [0.2, 0.25) is 0 Å². The van der Waals surface area contributed by atoms with Gasteiger partial charge in [0.25, 0.3) is 5.91 Å². The maximum Gasteiger partial charge on any atom is 0.259 e. The second-order valence-corrected chi connectivity index (χ2v) is 6.76. The first-order valence-corrected chi connectivity index (χ1v) is 9.10. The summed E-state index contributed by atoms with van der Waals surface area (Å²) in [5.74, 6) is -0.123. The Morgan fingerprint density at radius 3 is 1.96 bits per heavy atom. The van der Waals surface area contributed by atoms with Crippen molar-refractivity contribution in [2.75, 3.05) is 0 Å². The Hall–Kier alpha value is -2.49. The molecule has 4 heteroatoms. The van der Waals surface area contributed by atoms with Crippen molar-refractivity contribution in [1.82, 2.24) is 4.90 Å². The minimum absolute atomic E-state index is 0.123. The minimum atomic E-state index is -0.202. The molecule has 0 saturated carbocycles. The summed E-state index contributed by atoms with van der Waals surface area (Å²) in [5.41, 5.74) is 2.41. The molecular formula is C22H18ClNOS. The predicted octanol–water partition coefficient (Wildman–Crippen LogP) is 5.92. The summed E-state index contributed by atoms with van der Waals surface area (Å²) in [6.07, 6.45) is 0. The summed E-state index contributed by atoms with van der Waals surface area (Å²) in [5, 5.41) is 0.633. The summed E-state index contributed by atoms with van der Waals surface area (Å²) in [7, 11) is 0. The van der Waals surface area contributed by atoms with Gasteiger partial charge >= 0.3 is 0 Å². The largest absolute Gasteiger partial charge is 0.291 e.